The molecule has 0 atom stereocenters. The second-order valence-corrected chi connectivity index (χ2v) is 6.47. The molecule has 1 N–H and O–H groups in total. The van der Waals surface area contributed by atoms with Crippen LogP contribution in [0.4, 0.5) is 5.69 Å². The van der Waals surface area contributed by atoms with Crippen LogP contribution in [-0.2, 0) is 4.79 Å². The van der Waals surface area contributed by atoms with E-state index in [2.05, 4.69) is 27.9 Å². The average molecular weight is 469 g/mol. The van der Waals surface area contributed by atoms with E-state index in [1.807, 2.05) is 6.07 Å². The molecule has 5 nitrogen and oxygen atoms in total. The number of nitrogens with one attached hydrogen (secondary N) is 1. The summed E-state index contributed by atoms with van der Waals surface area (Å²) in [6, 6.07) is 12.1. The normalized spacial score (nSPS) is 10.8. The van der Waals surface area contributed by atoms with E-state index in [1.165, 1.54) is 13.2 Å². The Balaban J connectivity index is 2.30. The van der Waals surface area contributed by atoms with E-state index in [0.29, 0.717) is 27.8 Å². The zero-order valence-corrected chi connectivity index (χ0v) is 16.4. The number of hydrogen-bond acceptors (Lipinski definition) is 4. The maximum Gasteiger partial charge on any atom is 0.266 e. The lowest BCUT2D eigenvalue weighted by Crippen LogP contribution is -2.13. The van der Waals surface area contributed by atoms with Crippen molar-refractivity contribution in [2.24, 2.45) is 0 Å². The Morgan fingerprint density at radius 2 is 1.92 bits per heavy atom. The highest BCUT2D eigenvalue weighted by atomic mass is 127. The van der Waals surface area contributed by atoms with Gasteiger partial charge in [-0.1, -0.05) is 11.6 Å². The van der Waals surface area contributed by atoms with Gasteiger partial charge in [-0.15, -0.1) is 0 Å². The molecule has 0 aliphatic heterocycles. The summed E-state index contributed by atoms with van der Waals surface area (Å²) in [4.78, 5) is 12.3. The molecule has 0 saturated heterocycles. The van der Waals surface area contributed by atoms with Gasteiger partial charge in [0.2, 0.25) is 0 Å². The van der Waals surface area contributed by atoms with Gasteiger partial charge in [0.15, 0.2) is 11.5 Å². The largest absolute Gasteiger partial charge is 0.493 e. The van der Waals surface area contributed by atoms with Crippen LogP contribution in [0.1, 0.15) is 5.56 Å². The summed E-state index contributed by atoms with van der Waals surface area (Å²) in [5.74, 6) is 0.620. The van der Waals surface area contributed by atoms with E-state index in [9.17, 15) is 10.1 Å². The highest BCUT2D eigenvalue weighted by molar-refractivity contribution is 14.1. The van der Waals surface area contributed by atoms with E-state index in [4.69, 9.17) is 21.1 Å². The van der Waals surface area contributed by atoms with Crippen LogP contribution in [0, 0.1) is 14.9 Å². The summed E-state index contributed by atoms with van der Waals surface area (Å²) in [6.07, 6.45) is 1.50. The van der Waals surface area contributed by atoms with Gasteiger partial charge < -0.3 is 14.8 Å². The average Bonchev–Trinajstić information content (AvgIpc) is 2.60. The van der Waals surface area contributed by atoms with Crippen LogP contribution in [0.3, 0.4) is 0 Å². The van der Waals surface area contributed by atoms with Gasteiger partial charge in [0.1, 0.15) is 11.6 Å². The Kier molecular flexibility index (Phi) is 6.67. The quantitative estimate of drug-likeness (QED) is 0.398. The second kappa shape index (κ2) is 8.74. The Morgan fingerprint density at radius 1 is 1.24 bits per heavy atom. The first-order valence-corrected chi connectivity index (χ1v) is 8.54. The van der Waals surface area contributed by atoms with Gasteiger partial charge in [-0.3, -0.25) is 4.79 Å². The van der Waals surface area contributed by atoms with Crippen molar-refractivity contribution in [3.63, 3.8) is 0 Å². The van der Waals surface area contributed by atoms with E-state index in [1.54, 1.807) is 43.5 Å². The molecule has 2 aromatic carbocycles. The van der Waals surface area contributed by atoms with Gasteiger partial charge in [0.25, 0.3) is 5.91 Å². The molecular formula is C18H14ClIN2O3. The van der Waals surface area contributed by atoms with E-state index >= 15 is 0 Å². The van der Waals surface area contributed by atoms with Crippen LogP contribution in [0.25, 0.3) is 6.08 Å². The SMILES string of the molecule is COc1cc(/C=C(\C#N)C(=O)Nc2ccc(Cl)cc2)cc(I)c1OC. The zero-order chi connectivity index (χ0) is 18.4. The number of nitrogens with zero attached hydrogens (tertiary/aromatic N) is 1. The molecule has 7 heteroatoms. The first kappa shape index (κ1) is 19.1. The third-order valence-corrected chi connectivity index (χ3v) is 4.29. The Labute approximate surface area is 164 Å². The number of carbonyl (C=O) groups excluding carboxylic acids is 1. The van der Waals surface area contributed by atoms with Crippen molar-refractivity contribution < 1.29 is 14.3 Å². The predicted octanol–water partition coefficient (Wildman–Crippen LogP) is 4.51. The number of benzene rings is 2. The topological polar surface area (TPSA) is 71.3 Å². The number of methoxy groups -OCH3 is 2. The molecule has 0 spiro atoms. The van der Waals surface area contributed by atoms with Crippen molar-refractivity contribution >= 4 is 51.9 Å². The summed E-state index contributed by atoms with van der Waals surface area (Å²) >= 11 is 7.92. The summed E-state index contributed by atoms with van der Waals surface area (Å²) in [6.45, 7) is 0. The summed E-state index contributed by atoms with van der Waals surface area (Å²) in [5, 5.41) is 12.5. The number of carbonyl (C=O) groups is 1. The number of hydrogen-bond donors (Lipinski definition) is 1. The monoisotopic (exact) mass is 468 g/mol. The lowest BCUT2D eigenvalue weighted by Gasteiger charge is -2.11. The number of amides is 1. The van der Waals surface area contributed by atoms with Crippen LogP contribution in [0.2, 0.25) is 5.02 Å². The minimum Gasteiger partial charge on any atom is -0.493 e. The number of ether oxygens (including phenoxy) is 2. The molecular weight excluding hydrogens is 455 g/mol. The van der Waals surface area contributed by atoms with Crippen molar-refractivity contribution in [2.45, 2.75) is 0 Å². The van der Waals surface area contributed by atoms with Crippen molar-refractivity contribution in [2.75, 3.05) is 19.5 Å². The van der Waals surface area contributed by atoms with Gasteiger partial charge in [-0.25, -0.2) is 0 Å². The third kappa shape index (κ3) is 4.87. The first-order chi connectivity index (χ1) is 12.0. The molecule has 128 valence electrons. The molecule has 0 heterocycles. The van der Waals surface area contributed by atoms with Gasteiger partial charge in [0.05, 0.1) is 17.8 Å². The smallest absolute Gasteiger partial charge is 0.266 e. The van der Waals surface area contributed by atoms with Crippen molar-refractivity contribution in [3.05, 3.63) is 56.1 Å². The van der Waals surface area contributed by atoms with E-state index in [-0.39, 0.29) is 5.57 Å². The van der Waals surface area contributed by atoms with Gasteiger partial charge in [-0.2, -0.15) is 5.26 Å². The number of halogens is 2. The van der Waals surface area contributed by atoms with Crippen molar-refractivity contribution in [1.82, 2.24) is 0 Å². The standard InChI is InChI=1S/C18H14ClIN2O3/c1-24-16-9-11(8-15(20)17(16)25-2)7-12(10-21)18(23)22-14-5-3-13(19)4-6-14/h3-9H,1-2H3,(H,22,23)/b12-7+. The molecule has 0 aliphatic carbocycles. The molecule has 25 heavy (non-hydrogen) atoms. The molecule has 0 unspecified atom stereocenters. The molecule has 2 aromatic rings. The predicted molar refractivity (Wildman–Crippen MR) is 106 cm³/mol. The lowest BCUT2D eigenvalue weighted by molar-refractivity contribution is -0.112. The Bertz CT molecular complexity index is 858. The van der Waals surface area contributed by atoms with Gasteiger partial charge in [0, 0.05) is 10.7 Å². The van der Waals surface area contributed by atoms with Gasteiger partial charge >= 0.3 is 0 Å². The third-order valence-electron chi connectivity index (χ3n) is 3.23. The minimum absolute atomic E-state index is 0.0297. The van der Waals surface area contributed by atoms with Crippen LogP contribution < -0.4 is 14.8 Å². The second-order valence-electron chi connectivity index (χ2n) is 4.87. The minimum atomic E-state index is -0.505. The molecule has 0 aromatic heterocycles. The number of anilines is 1. The van der Waals surface area contributed by atoms with E-state index in [0.717, 1.165) is 3.57 Å². The van der Waals surface area contributed by atoms with Gasteiger partial charge in [-0.05, 0) is 70.6 Å². The highest BCUT2D eigenvalue weighted by Crippen LogP contribution is 2.34. The highest BCUT2D eigenvalue weighted by Gasteiger charge is 2.13. The lowest BCUT2D eigenvalue weighted by atomic mass is 10.1. The zero-order valence-electron chi connectivity index (χ0n) is 13.5. The maximum absolute atomic E-state index is 12.3. The fraction of sp³-hybridized carbons (Fsp3) is 0.111. The Morgan fingerprint density at radius 3 is 2.48 bits per heavy atom. The van der Waals surface area contributed by atoms with Crippen molar-refractivity contribution in [1.29, 1.82) is 5.26 Å². The fourth-order valence-corrected chi connectivity index (χ4v) is 3.04. The molecule has 0 radical (unpaired) electrons. The van der Waals surface area contributed by atoms with Crippen molar-refractivity contribution in [3.8, 4) is 17.6 Å². The summed E-state index contributed by atoms with van der Waals surface area (Å²) in [7, 11) is 3.08. The van der Waals surface area contributed by atoms with Crippen LogP contribution >= 0.6 is 34.2 Å². The molecule has 2 rings (SSSR count). The molecule has 0 fully saturated rings. The first-order valence-electron chi connectivity index (χ1n) is 7.08. The number of nitriles is 1. The van der Waals surface area contributed by atoms with Crippen LogP contribution in [0.15, 0.2) is 42.0 Å². The molecule has 1 amide bonds. The van der Waals surface area contributed by atoms with Crippen LogP contribution in [0.5, 0.6) is 11.5 Å². The number of rotatable bonds is 5. The Hall–Kier alpha value is -2.24. The maximum atomic E-state index is 12.3. The molecule has 0 saturated carbocycles. The summed E-state index contributed by atoms with van der Waals surface area (Å²) < 4.78 is 11.4. The summed E-state index contributed by atoms with van der Waals surface area (Å²) in [5.41, 5.74) is 1.18. The fourth-order valence-electron chi connectivity index (χ4n) is 2.07. The molecule has 0 aliphatic rings. The van der Waals surface area contributed by atoms with E-state index < -0.39 is 5.91 Å². The van der Waals surface area contributed by atoms with Crippen LogP contribution in [-0.4, -0.2) is 20.1 Å². The molecule has 0 bridgehead atoms.